The Kier molecular flexibility index (Phi) is 5.71. The highest BCUT2D eigenvalue weighted by Crippen LogP contribution is 2.13. The fraction of sp³-hybridized carbons (Fsp3) is 0.400. The number of aliphatic hydroxyl groups excluding tert-OH is 1. The van der Waals surface area contributed by atoms with E-state index in [2.05, 4.69) is 0 Å². The quantitative estimate of drug-likeness (QED) is 0.778. The standard InChI is InChI=1S/C10H15NO.ClH/c1-8-2-4-9(5-3-8)10(6-11)7-12;/h2-5,10,12H,6-7,11H2,1H3;1H. The third-order valence-corrected chi connectivity index (χ3v) is 2.05. The second-order valence-corrected chi connectivity index (χ2v) is 3.03. The number of hydrogen-bond acceptors (Lipinski definition) is 2. The summed E-state index contributed by atoms with van der Waals surface area (Å²) >= 11 is 0. The van der Waals surface area contributed by atoms with Gasteiger partial charge in [0.15, 0.2) is 0 Å². The molecule has 0 saturated carbocycles. The molecule has 0 aliphatic heterocycles. The van der Waals surface area contributed by atoms with E-state index in [0.29, 0.717) is 6.54 Å². The molecule has 1 aromatic carbocycles. The molecule has 3 N–H and O–H groups in total. The molecule has 13 heavy (non-hydrogen) atoms. The highest BCUT2D eigenvalue weighted by Gasteiger charge is 2.06. The maximum absolute atomic E-state index is 8.97. The van der Waals surface area contributed by atoms with Crippen LogP contribution in [0.4, 0.5) is 0 Å². The lowest BCUT2D eigenvalue weighted by atomic mass is 9.99. The van der Waals surface area contributed by atoms with E-state index in [1.54, 1.807) is 0 Å². The summed E-state index contributed by atoms with van der Waals surface area (Å²) in [6.45, 7) is 2.67. The number of rotatable bonds is 3. The van der Waals surface area contributed by atoms with Crippen LogP contribution in [-0.4, -0.2) is 18.3 Å². The Bertz CT molecular complexity index is 231. The minimum atomic E-state index is 0. The molecule has 0 saturated heterocycles. The maximum atomic E-state index is 8.97. The minimum absolute atomic E-state index is 0. The van der Waals surface area contributed by atoms with Crippen molar-refractivity contribution < 1.29 is 5.11 Å². The number of halogens is 1. The van der Waals surface area contributed by atoms with Gasteiger partial charge in [0.05, 0.1) is 6.61 Å². The van der Waals surface area contributed by atoms with Crippen LogP contribution in [0.3, 0.4) is 0 Å². The fourth-order valence-electron chi connectivity index (χ4n) is 1.15. The maximum Gasteiger partial charge on any atom is 0.0511 e. The van der Waals surface area contributed by atoms with Gasteiger partial charge in [0.25, 0.3) is 0 Å². The Balaban J connectivity index is 0.00000144. The molecule has 0 aromatic heterocycles. The van der Waals surface area contributed by atoms with Crippen LogP contribution in [0.25, 0.3) is 0 Å². The molecule has 0 fully saturated rings. The van der Waals surface area contributed by atoms with Gasteiger partial charge in [-0.25, -0.2) is 0 Å². The first-order valence-corrected chi connectivity index (χ1v) is 4.15. The monoisotopic (exact) mass is 201 g/mol. The summed E-state index contributed by atoms with van der Waals surface area (Å²) in [5.74, 6) is 0.0885. The van der Waals surface area contributed by atoms with Gasteiger partial charge in [0.2, 0.25) is 0 Å². The molecule has 0 heterocycles. The van der Waals surface area contributed by atoms with Gasteiger partial charge in [0, 0.05) is 12.5 Å². The van der Waals surface area contributed by atoms with Crippen molar-refractivity contribution in [2.24, 2.45) is 5.73 Å². The molecular formula is C10H16ClNO. The lowest BCUT2D eigenvalue weighted by Crippen LogP contribution is -2.15. The predicted molar refractivity (Wildman–Crippen MR) is 57.3 cm³/mol. The Morgan fingerprint density at radius 2 is 1.85 bits per heavy atom. The molecule has 0 aliphatic rings. The first-order valence-electron chi connectivity index (χ1n) is 4.15. The van der Waals surface area contributed by atoms with Gasteiger partial charge < -0.3 is 10.8 Å². The van der Waals surface area contributed by atoms with Gasteiger partial charge >= 0.3 is 0 Å². The lowest BCUT2D eigenvalue weighted by Gasteiger charge is -2.11. The van der Waals surface area contributed by atoms with Gasteiger partial charge in [-0.2, -0.15) is 0 Å². The predicted octanol–water partition coefficient (Wildman–Crippen LogP) is 1.45. The average Bonchev–Trinajstić information content (AvgIpc) is 2.10. The summed E-state index contributed by atoms with van der Waals surface area (Å²) < 4.78 is 0. The van der Waals surface area contributed by atoms with Crippen molar-refractivity contribution in [1.29, 1.82) is 0 Å². The van der Waals surface area contributed by atoms with E-state index in [0.717, 1.165) is 5.56 Å². The summed E-state index contributed by atoms with van der Waals surface area (Å²) in [6, 6.07) is 8.10. The van der Waals surface area contributed by atoms with E-state index in [-0.39, 0.29) is 24.9 Å². The van der Waals surface area contributed by atoms with Crippen molar-refractivity contribution in [3.8, 4) is 0 Å². The van der Waals surface area contributed by atoms with Crippen molar-refractivity contribution in [2.75, 3.05) is 13.2 Å². The topological polar surface area (TPSA) is 46.2 Å². The molecule has 0 spiro atoms. The Morgan fingerprint density at radius 3 is 2.23 bits per heavy atom. The van der Waals surface area contributed by atoms with Crippen LogP contribution in [0.15, 0.2) is 24.3 Å². The molecule has 1 unspecified atom stereocenters. The number of benzene rings is 1. The number of nitrogens with two attached hydrogens (primary N) is 1. The van der Waals surface area contributed by atoms with Crippen molar-refractivity contribution in [3.63, 3.8) is 0 Å². The molecular weight excluding hydrogens is 186 g/mol. The zero-order chi connectivity index (χ0) is 8.97. The van der Waals surface area contributed by atoms with Gasteiger partial charge in [-0.15, -0.1) is 12.4 Å². The van der Waals surface area contributed by atoms with Gasteiger partial charge in [-0.3, -0.25) is 0 Å². The summed E-state index contributed by atoms with van der Waals surface area (Å²) in [6.07, 6.45) is 0. The van der Waals surface area contributed by atoms with Gasteiger partial charge in [-0.1, -0.05) is 29.8 Å². The zero-order valence-electron chi connectivity index (χ0n) is 7.73. The second kappa shape index (κ2) is 5.97. The summed E-state index contributed by atoms with van der Waals surface area (Å²) in [5.41, 5.74) is 7.84. The second-order valence-electron chi connectivity index (χ2n) is 3.03. The molecule has 0 radical (unpaired) electrons. The molecule has 1 rings (SSSR count). The number of aryl methyl sites for hydroxylation is 1. The lowest BCUT2D eigenvalue weighted by molar-refractivity contribution is 0.268. The SMILES string of the molecule is Cc1ccc(C(CN)CO)cc1.Cl. The van der Waals surface area contributed by atoms with Crippen LogP contribution in [0, 0.1) is 6.92 Å². The van der Waals surface area contributed by atoms with Crippen LogP contribution >= 0.6 is 12.4 Å². The van der Waals surface area contributed by atoms with Crippen molar-refractivity contribution in [3.05, 3.63) is 35.4 Å². The van der Waals surface area contributed by atoms with Crippen LogP contribution in [0.1, 0.15) is 17.0 Å². The first-order chi connectivity index (χ1) is 5.77. The van der Waals surface area contributed by atoms with Crippen molar-refractivity contribution >= 4 is 12.4 Å². The molecule has 74 valence electrons. The van der Waals surface area contributed by atoms with Crippen LogP contribution in [-0.2, 0) is 0 Å². The summed E-state index contributed by atoms with van der Waals surface area (Å²) in [4.78, 5) is 0. The van der Waals surface area contributed by atoms with Crippen LogP contribution in [0.2, 0.25) is 0 Å². The number of hydrogen-bond donors (Lipinski definition) is 2. The minimum Gasteiger partial charge on any atom is -0.396 e. The Labute approximate surface area is 85.2 Å². The van der Waals surface area contributed by atoms with Crippen molar-refractivity contribution in [1.82, 2.24) is 0 Å². The van der Waals surface area contributed by atoms with E-state index in [9.17, 15) is 0 Å². The Hall–Kier alpha value is -0.570. The first kappa shape index (κ1) is 12.4. The van der Waals surface area contributed by atoms with E-state index in [1.165, 1.54) is 5.56 Å². The molecule has 0 bridgehead atoms. The van der Waals surface area contributed by atoms with E-state index < -0.39 is 0 Å². The molecule has 1 aromatic rings. The zero-order valence-corrected chi connectivity index (χ0v) is 8.55. The molecule has 3 heteroatoms. The average molecular weight is 202 g/mol. The molecule has 2 nitrogen and oxygen atoms in total. The molecule has 1 atom stereocenters. The third-order valence-electron chi connectivity index (χ3n) is 2.05. The van der Waals surface area contributed by atoms with Gasteiger partial charge in [-0.05, 0) is 12.5 Å². The summed E-state index contributed by atoms with van der Waals surface area (Å²) in [7, 11) is 0. The van der Waals surface area contributed by atoms with Crippen molar-refractivity contribution in [2.45, 2.75) is 12.8 Å². The number of aliphatic hydroxyl groups is 1. The summed E-state index contributed by atoms with van der Waals surface area (Å²) in [5, 5.41) is 8.97. The smallest absolute Gasteiger partial charge is 0.0511 e. The largest absolute Gasteiger partial charge is 0.396 e. The normalized spacial score (nSPS) is 11.9. The van der Waals surface area contributed by atoms with Crippen LogP contribution in [0.5, 0.6) is 0 Å². The highest BCUT2D eigenvalue weighted by atomic mass is 35.5. The fourth-order valence-corrected chi connectivity index (χ4v) is 1.15. The van der Waals surface area contributed by atoms with E-state index >= 15 is 0 Å². The Morgan fingerprint density at radius 1 is 1.31 bits per heavy atom. The van der Waals surface area contributed by atoms with E-state index in [4.69, 9.17) is 10.8 Å². The highest BCUT2D eigenvalue weighted by molar-refractivity contribution is 5.85. The van der Waals surface area contributed by atoms with Crippen LogP contribution < -0.4 is 5.73 Å². The third kappa shape index (κ3) is 3.35. The van der Waals surface area contributed by atoms with Gasteiger partial charge in [0.1, 0.15) is 0 Å². The van der Waals surface area contributed by atoms with E-state index in [1.807, 2.05) is 31.2 Å². The molecule has 0 amide bonds. The molecule has 0 aliphatic carbocycles.